The summed E-state index contributed by atoms with van der Waals surface area (Å²) in [5.41, 5.74) is 0.495. The van der Waals surface area contributed by atoms with E-state index in [2.05, 4.69) is 22.7 Å². The highest BCUT2D eigenvalue weighted by atomic mass is 16.5. The third kappa shape index (κ3) is 6.98. The Kier molecular flexibility index (Phi) is 8.99. The molecule has 3 amide bonds. The molecule has 2 N–H and O–H groups in total. The topological polar surface area (TPSA) is 106 Å². The van der Waals surface area contributed by atoms with E-state index in [1.165, 1.54) is 12.0 Å². The molecule has 0 aliphatic rings. The summed E-state index contributed by atoms with van der Waals surface area (Å²) in [6.07, 6.45) is 3.95. The SMILES string of the molecule is CCCCCCN(CC(=O)Nc1cc(C)on1)C(=O)Nc1ccc(OC)cc1OC. The summed E-state index contributed by atoms with van der Waals surface area (Å²) < 4.78 is 15.5. The van der Waals surface area contributed by atoms with Crippen LogP contribution in [0.15, 0.2) is 28.8 Å². The Bertz CT molecular complexity index is 837. The van der Waals surface area contributed by atoms with Crippen molar-refractivity contribution in [3.05, 3.63) is 30.0 Å². The number of aromatic nitrogens is 1. The van der Waals surface area contributed by atoms with Crippen molar-refractivity contribution in [3.63, 3.8) is 0 Å². The molecule has 164 valence electrons. The molecule has 0 saturated heterocycles. The number of unbranched alkanes of at least 4 members (excludes halogenated alkanes) is 3. The van der Waals surface area contributed by atoms with Crippen molar-refractivity contribution >= 4 is 23.4 Å². The number of aryl methyl sites for hydroxylation is 1. The standard InChI is InChI=1S/C21H30N4O5/c1-5-6-7-8-11-25(14-20(26)23-19-12-15(2)30-24-19)21(27)22-17-10-9-16(28-3)13-18(17)29-4/h9-10,12-13H,5-8,11,14H2,1-4H3,(H,22,27)(H,23,24,26). The van der Waals surface area contributed by atoms with Crippen LogP contribution in [0.25, 0.3) is 0 Å². The number of ether oxygens (including phenoxy) is 2. The highest BCUT2D eigenvalue weighted by Crippen LogP contribution is 2.29. The molecular weight excluding hydrogens is 388 g/mol. The van der Waals surface area contributed by atoms with Crippen molar-refractivity contribution < 1.29 is 23.6 Å². The van der Waals surface area contributed by atoms with E-state index in [1.807, 2.05) is 0 Å². The predicted octanol–water partition coefficient (Wildman–Crippen LogP) is 4.05. The average molecular weight is 418 g/mol. The molecule has 1 heterocycles. The van der Waals surface area contributed by atoms with Gasteiger partial charge in [-0.3, -0.25) is 4.79 Å². The Morgan fingerprint density at radius 1 is 1.10 bits per heavy atom. The molecule has 2 aromatic rings. The third-order valence-corrected chi connectivity index (χ3v) is 4.45. The summed E-state index contributed by atoms with van der Waals surface area (Å²) in [6, 6.07) is 6.33. The van der Waals surface area contributed by atoms with Gasteiger partial charge in [-0.15, -0.1) is 0 Å². The number of carbonyl (C=O) groups is 2. The van der Waals surface area contributed by atoms with Gasteiger partial charge in [-0.25, -0.2) is 4.79 Å². The number of benzene rings is 1. The number of nitrogens with one attached hydrogen (secondary N) is 2. The predicted molar refractivity (Wildman–Crippen MR) is 114 cm³/mol. The van der Waals surface area contributed by atoms with E-state index in [4.69, 9.17) is 14.0 Å². The van der Waals surface area contributed by atoms with Crippen molar-refractivity contribution in [1.82, 2.24) is 10.1 Å². The van der Waals surface area contributed by atoms with Crippen LogP contribution in [0.3, 0.4) is 0 Å². The van der Waals surface area contributed by atoms with Gasteiger partial charge in [0.25, 0.3) is 0 Å². The van der Waals surface area contributed by atoms with Crippen molar-refractivity contribution in [2.24, 2.45) is 0 Å². The molecule has 0 radical (unpaired) electrons. The van der Waals surface area contributed by atoms with Crippen molar-refractivity contribution in [1.29, 1.82) is 0 Å². The molecule has 0 saturated carbocycles. The van der Waals surface area contributed by atoms with E-state index in [1.54, 1.807) is 38.3 Å². The lowest BCUT2D eigenvalue weighted by Gasteiger charge is -2.23. The minimum atomic E-state index is -0.388. The molecule has 0 aliphatic heterocycles. The van der Waals surface area contributed by atoms with Gasteiger partial charge in [0.05, 0.1) is 19.9 Å². The van der Waals surface area contributed by atoms with Crippen LogP contribution in [0.5, 0.6) is 11.5 Å². The maximum absolute atomic E-state index is 12.9. The normalized spacial score (nSPS) is 10.4. The number of hydrogen-bond donors (Lipinski definition) is 2. The number of anilines is 2. The van der Waals surface area contributed by atoms with Crippen molar-refractivity contribution in [2.45, 2.75) is 39.5 Å². The molecule has 1 aromatic heterocycles. The van der Waals surface area contributed by atoms with Crippen molar-refractivity contribution in [3.8, 4) is 11.5 Å². The Morgan fingerprint density at radius 2 is 1.90 bits per heavy atom. The molecule has 0 atom stereocenters. The summed E-state index contributed by atoms with van der Waals surface area (Å²) in [6.45, 7) is 4.20. The van der Waals surface area contributed by atoms with E-state index in [0.29, 0.717) is 35.3 Å². The van der Waals surface area contributed by atoms with Gasteiger partial charge in [0.2, 0.25) is 5.91 Å². The first-order valence-corrected chi connectivity index (χ1v) is 9.98. The molecule has 0 unspecified atom stereocenters. The second kappa shape index (κ2) is 11.7. The van der Waals surface area contributed by atoms with E-state index < -0.39 is 0 Å². The Labute approximate surface area is 176 Å². The van der Waals surface area contributed by atoms with Gasteiger partial charge in [0, 0.05) is 18.7 Å². The monoisotopic (exact) mass is 418 g/mol. The first-order valence-electron chi connectivity index (χ1n) is 9.98. The van der Waals surface area contributed by atoms with Gasteiger partial charge in [0.1, 0.15) is 23.8 Å². The summed E-state index contributed by atoms with van der Waals surface area (Å²) in [5.74, 6) is 1.64. The Balaban J connectivity index is 2.06. The van der Waals surface area contributed by atoms with Crippen LogP contribution >= 0.6 is 0 Å². The fourth-order valence-electron chi connectivity index (χ4n) is 2.86. The second-order valence-corrected chi connectivity index (χ2v) is 6.85. The van der Waals surface area contributed by atoms with Crippen LogP contribution in [0.4, 0.5) is 16.3 Å². The van der Waals surface area contributed by atoms with E-state index in [0.717, 1.165) is 25.7 Å². The maximum atomic E-state index is 12.9. The molecule has 9 heteroatoms. The van der Waals surface area contributed by atoms with Crippen LogP contribution in [-0.2, 0) is 4.79 Å². The number of urea groups is 1. The van der Waals surface area contributed by atoms with Gasteiger partial charge in [0.15, 0.2) is 5.82 Å². The molecule has 2 rings (SSSR count). The summed E-state index contributed by atoms with van der Waals surface area (Å²) in [4.78, 5) is 26.8. The zero-order valence-electron chi connectivity index (χ0n) is 18.0. The summed E-state index contributed by atoms with van der Waals surface area (Å²) >= 11 is 0. The zero-order chi connectivity index (χ0) is 21.9. The Hall–Kier alpha value is -3.23. The Morgan fingerprint density at radius 3 is 2.53 bits per heavy atom. The van der Waals surface area contributed by atoms with E-state index in [-0.39, 0.29) is 18.5 Å². The summed E-state index contributed by atoms with van der Waals surface area (Å²) in [7, 11) is 3.07. The number of rotatable bonds is 11. The molecule has 0 aliphatic carbocycles. The second-order valence-electron chi connectivity index (χ2n) is 6.85. The minimum Gasteiger partial charge on any atom is -0.497 e. The van der Waals surface area contributed by atoms with Crippen LogP contribution in [0.1, 0.15) is 38.4 Å². The lowest BCUT2D eigenvalue weighted by atomic mass is 10.2. The van der Waals surface area contributed by atoms with E-state index >= 15 is 0 Å². The highest BCUT2D eigenvalue weighted by molar-refractivity contribution is 5.97. The van der Waals surface area contributed by atoms with E-state index in [9.17, 15) is 9.59 Å². The fourth-order valence-corrected chi connectivity index (χ4v) is 2.86. The first kappa shape index (κ1) is 23.1. The quantitative estimate of drug-likeness (QED) is 0.533. The molecule has 0 bridgehead atoms. The maximum Gasteiger partial charge on any atom is 0.322 e. The molecule has 1 aromatic carbocycles. The molecule has 30 heavy (non-hydrogen) atoms. The van der Waals surface area contributed by atoms with Gasteiger partial charge >= 0.3 is 6.03 Å². The van der Waals surface area contributed by atoms with Gasteiger partial charge in [-0.2, -0.15) is 0 Å². The summed E-state index contributed by atoms with van der Waals surface area (Å²) in [5, 5.41) is 9.21. The largest absolute Gasteiger partial charge is 0.497 e. The molecule has 0 spiro atoms. The molecular formula is C21H30N4O5. The minimum absolute atomic E-state index is 0.109. The van der Waals surface area contributed by atoms with Crippen LogP contribution in [0, 0.1) is 6.92 Å². The lowest BCUT2D eigenvalue weighted by Crippen LogP contribution is -2.41. The third-order valence-electron chi connectivity index (χ3n) is 4.45. The average Bonchev–Trinajstić information content (AvgIpc) is 3.14. The van der Waals surface area contributed by atoms with Crippen LogP contribution in [-0.4, -0.2) is 49.3 Å². The van der Waals surface area contributed by atoms with Gasteiger partial charge in [-0.1, -0.05) is 31.3 Å². The van der Waals surface area contributed by atoms with Gasteiger partial charge < -0.3 is 29.5 Å². The zero-order valence-corrected chi connectivity index (χ0v) is 18.0. The number of hydrogen-bond acceptors (Lipinski definition) is 6. The number of carbonyl (C=O) groups excluding carboxylic acids is 2. The molecule has 9 nitrogen and oxygen atoms in total. The van der Waals surface area contributed by atoms with Crippen LogP contribution < -0.4 is 20.1 Å². The fraction of sp³-hybridized carbons (Fsp3) is 0.476. The lowest BCUT2D eigenvalue weighted by molar-refractivity contribution is -0.116. The first-order chi connectivity index (χ1) is 14.5. The van der Waals surface area contributed by atoms with Crippen molar-refractivity contribution in [2.75, 3.05) is 37.9 Å². The molecule has 0 fully saturated rings. The number of nitrogens with zero attached hydrogens (tertiary/aromatic N) is 2. The smallest absolute Gasteiger partial charge is 0.322 e. The number of methoxy groups -OCH3 is 2. The highest BCUT2D eigenvalue weighted by Gasteiger charge is 2.19. The van der Waals surface area contributed by atoms with Gasteiger partial charge in [-0.05, 0) is 25.5 Å². The number of amides is 3. The van der Waals surface area contributed by atoms with Crippen LogP contribution in [0.2, 0.25) is 0 Å².